The van der Waals surface area contributed by atoms with Crippen LogP contribution in [0, 0.1) is 19.8 Å². The molecule has 2 amide bonds. The molecule has 2 saturated heterocycles. The van der Waals surface area contributed by atoms with Crippen molar-refractivity contribution in [1.29, 1.82) is 0 Å². The number of benzene rings is 1. The second-order valence-electron chi connectivity index (χ2n) is 7.89. The van der Waals surface area contributed by atoms with Crippen LogP contribution >= 0.6 is 0 Å². The molecule has 27 heavy (non-hydrogen) atoms. The standard InChI is InChI=1S/C22H32N2O3/c1-17-6-7-20(16-18(17)2)27-15-10-21(25)23-13-8-19(9-14-23)22(26)24-11-4-3-5-12-24/h6-7,16,19H,3-5,8-15H2,1-2H3. The first-order valence-corrected chi connectivity index (χ1v) is 10.3. The molecule has 2 aliphatic heterocycles. The number of rotatable bonds is 5. The quantitative estimate of drug-likeness (QED) is 0.797. The Kier molecular flexibility index (Phi) is 6.75. The maximum atomic E-state index is 12.6. The lowest BCUT2D eigenvalue weighted by atomic mass is 9.94. The highest BCUT2D eigenvalue weighted by Gasteiger charge is 2.30. The summed E-state index contributed by atoms with van der Waals surface area (Å²) >= 11 is 0. The molecule has 0 unspecified atom stereocenters. The van der Waals surface area contributed by atoms with E-state index in [0.717, 1.165) is 44.5 Å². The Labute approximate surface area is 162 Å². The van der Waals surface area contributed by atoms with Gasteiger partial charge in [-0.05, 0) is 69.2 Å². The fourth-order valence-corrected chi connectivity index (χ4v) is 3.97. The molecule has 148 valence electrons. The van der Waals surface area contributed by atoms with E-state index in [2.05, 4.69) is 13.8 Å². The summed E-state index contributed by atoms with van der Waals surface area (Å²) in [6, 6.07) is 6.00. The van der Waals surface area contributed by atoms with Crippen molar-refractivity contribution in [3.63, 3.8) is 0 Å². The minimum absolute atomic E-state index is 0.0962. The van der Waals surface area contributed by atoms with Crippen molar-refractivity contribution >= 4 is 11.8 Å². The smallest absolute Gasteiger partial charge is 0.225 e. The van der Waals surface area contributed by atoms with Crippen LogP contribution in [0.2, 0.25) is 0 Å². The molecule has 0 spiro atoms. The minimum atomic E-state index is 0.0962. The van der Waals surface area contributed by atoms with Crippen molar-refractivity contribution < 1.29 is 14.3 Å². The lowest BCUT2D eigenvalue weighted by Crippen LogP contribution is -2.45. The summed E-state index contributed by atoms with van der Waals surface area (Å²) in [4.78, 5) is 29.0. The van der Waals surface area contributed by atoms with Crippen molar-refractivity contribution in [3.8, 4) is 5.75 Å². The summed E-state index contributed by atoms with van der Waals surface area (Å²) in [6.07, 6.45) is 5.46. The Hall–Kier alpha value is -2.04. The highest BCUT2D eigenvalue weighted by molar-refractivity contribution is 5.80. The molecule has 0 aliphatic carbocycles. The molecule has 1 aromatic carbocycles. The van der Waals surface area contributed by atoms with Gasteiger partial charge in [-0.1, -0.05) is 6.07 Å². The Morgan fingerprint density at radius 1 is 0.963 bits per heavy atom. The monoisotopic (exact) mass is 372 g/mol. The average Bonchev–Trinajstić information content (AvgIpc) is 2.71. The number of amides is 2. The van der Waals surface area contributed by atoms with Gasteiger partial charge in [0.25, 0.3) is 0 Å². The van der Waals surface area contributed by atoms with E-state index < -0.39 is 0 Å². The highest BCUT2D eigenvalue weighted by Crippen LogP contribution is 2.22. The number of nitrogens with zero attached hydrogens (tertiary/aromatic N) is 2. The van der Waals surface area contributed by atoms with Gasteiger partial charge in [-0.3, -0.25) is 9.59 Å². The molecule has 5 nitrogen and oxygen atoms in total. The van der Waals surface area contributed by atoms with Crippen LogP contribution in [0.15, 0.2) is 18.2 Å². The summed E-state index contributed by atoms with van der Waals surface area (Å²) in [5.41, 5.74) is 2.43. The second-order valence-corrected chi connectivity index (χ2v) is 7.89. The van der Waals surface area contributed by atoms with E-state index in [9.17, 15) is 9.59 Å². The first-order chi connectivity index (χ1) is 13.0. The third kappa shape index (κ3) is 5.24. The van der Waals surface area contributed by atoms with Crippen LogP contribution < -0.4 is 4.74 Å². The molecule has 0 aromatic heterocycles. The van der Waals surface area contributed by atoms with E-state index in [1.807, 2.05) is 28.0 Å². The minimum Gasteiger partial charge on any atom is -0.493 e. The third-order valence-electron chi connectivity index (χ3n) is 5.93. The maximum Gasteiger partial charge on any atom is 0.225 e. The lowest BCUT2D eigenvalue weighted by molar-refractivity contribution is -0.141. The zero-order valence-electron chi connectivity index (χ0n) is 16.7. The van der Waals surface area contributed by atoms with E-state index in [4.69, 9.17) is 4.74 Å². The average molecular weight is 373 g/mol. The van der Waals surface area contributed by atoms with Crippen LogP contribution in [0.5, 0.6) is 5.75 Å². The predicted octanol–water partition coefficient (Wildman–Crippen LogP) is 3.32. The van der Waals surface area contributed by atoms with Gasteiger partial charge in [-0.2, -0.15) is 0 Å². The number of likely N-dealkylation sites (tertiary alicyclic amines) is 2. The molecule has 2 aliphatic rings. The summed E-state index contributed by atoms with van der Waals surface area (Å²) in [5, 5.41) is 0. The zero-order chi connectivity index (χ0) is 19.2. The van der Waals surface area contributed by atoms with Crippen LogP contribution in [0.3, 0.4) is 0 Å². The molecule has 3 rings (SSSR count). The van der Waals surface area contributed by atoms with Gasteiger partial charge in [0.2, 0.25) is 11.8 Å². The van der Waals surface area contributed by atoms with Gasteiger partial charge in [0.1, 0.15) is 5.75 Å². The molecule has 2 fully saturated rings. The highest BCUT2D eigenvalue weighted by atomic mass is 16.5. The van der Waals surface area contributed by atoms with Crippen molar-refractivity contribution in [3.05, 3.63) is 29.3 Å². The fraction of sp³-hybridized carbons (Fsp3) is 0.636. The topological polar surface area (TPSA) is 49.9 Å². The lowest BCUT2D eigenvalue weighted by Gasteiger charge is -2.35. The molecular formula is C22H32N2O3. The van der Waals surface area contributed by atoms with E-state index in [1.165, 1.54) is 17.5 Å². The summed E-state index contributed by atoms with van der Waals surface area (Å²) in [5.74, 6) is 1.35. The van der Waals surface area contributed by atoms with Crippen molar-refractivity contribution in [2.24, 2.45) is 5.92 Å². The number of carbonyl (C=O) groups excluding carboxylic acids is 2. The number of carbonyl (C=O) groups is 2. The van der Waals surface area contributed by atoms with Crippen LogP contribution in [-0.2, 0) is 9.59 Å². The first-order valence-electron chi connectivity index (χ1n) is 10.3. The molecule has 1 aromatic rings. The Bertz CT molecular complexity index is 660. The van der Waals surface area contributed by atoms with Crippen LogP contribution in [-0.4, -0.2) is 54.4 Å². The molecule has 2 heterocycles. The number of aryl methyl sites for hydroxylation is 2. The predicted molar refractivity (Wildman–Crippen MR) is 106 cm³/mol. The van der Waals surface area contributed by atoms with Gasteiger partial charge in [0.05, 0.1) is 13.0 Å². The molecule has 0 saturated carbocycles. The third-order valence-corrected chi connectivity index (χ3v) is 5.93. The van der Waals surface area contributed by atoms with Crippen LogP contribution in [0.1, 0.15) is 49.7 Å². The van der Waals surface area contributed by atoms with Gasteiger partial charge >= 0.3 is 0 Å². The maximum absolute atomic E-state index is 12.6. The van der Waals surface area contributed by atoms with Gasteiger partial charge < -0.3 is 14.5 Å². The SMILES string of the molecule is Cc1ccc(OCCC(=O)N2CCC(C(=O)N3CCCCC3)CC2)cc1C. The Balaban J connectivity index is 1.39. The van der Waals surface area contributed by atoms with Crippen molar-refractivity contribution in [1.82, 2.24) is 9.80 Å². The fourth-order valence-electron chi connectivity index (χ4n) is 3.97. The van der Waals surface area contributed by atoms with E-state index in [0.29, 0.717) is 32.0 Å². The number of ether oxygens (including phenoxy) is 1. The van der Waals surface area contributed by atoms with Gasteiger partial charge in [-0.15, -0.1) is 0 Å². The molecular weight excluding hydrogens is 340 g/mol. The summed E-state index contributed by atoms with van der Waals surface area (Å²) in [6.45, 7) is 7.72. The van der Waals surface area contributed by atoms with E-state index in [1.54, 1.807) is 0 Å². The molecule has 0 radical (unpaired) electrons. The van der Waals surface area contributed by atoms with Crippen molar-refractivity contribution in [2.75, 3.05) is 32.8 Å². The van der Waals surface area contributed by atoms with Crippen molar-refractivity contribution in [2.45, 2.75) is 52.4 Å². The van der Waals surface area contributed by atoms with E-state index in [-0.39, 0.29) is 11.8 Å². The zero-order valence-corrected chi connectivity index (χ0v) is 16.7. The van der Waals surface area contributed by atoms with E-state index >= 15 is 0 Å². The number of hydrogen-bond donors (Lipinski definition) is 0. The Morgan fingerprint density at radius 3 is 2.33 bits per heavy atom. The largest absolute Gasteiger partial charge is 0.493 e. The molecule has 0 N–H and O–H groups in total. The second kappa shape index (κ2) is 9.25. The first kappa shape index (κ1) is 19.7. The van der Waals surface area contributed by atoms with Crippen LogP contribution in [0.4, 0.5) is 0 Å². The van der Waals surface area contributed by atoms with Crippen LogP contribution in [0.25, 0.3) is 0 Å². The Morgan fingerprint density at radius 2 is 1.67 bits per heavy atom. The summed E-state index contributed by atoms with van der Waals surface area (Å²) in [7, 11) is 0. The van der Waals surface area contributed by atoms with Gasteiger partial charge in [0, 0.05) is 32.1 Å². The number of piperidine rings is 2. The normalized spacial score (nSPS) is 18.4. The van der Waals surface area contributed by atoms with Gasteiger partial charge in [0.15, 0.2) is 0 Å². The molecule has 0 atom stereocenters. The number of hydrogen-bond acceptors (Lipinski definition) is 3. The summed E-state index contributed by atoms with van der Waals surface area (Å²) < 4.78 is 5.73. The molecule has 0 bridgehead atoms. The van der Waals surface area contributed by atoms with Gasteiger partial charge in [-0.25, -0.2) is 0 Å². The molecule has 5 heteroatoms.